The second-order valence-electron chi connectivity index (χ2n) is 4.75. The third kappa shape index (κ3) is 5.61. The number of carbonyl (C=O) groups excluding carboxylic acids is 1. The van der Waals surface area contributed by atoms with Crippen LogP contribution in [0.1, 0.15) is 25.8 Å². The van der Waals surface area contributed by atoms with Gasteiger partial charge in [0.15, 0.2) is 6.10 Å². The summed E-state index contributed by atoms with van der Waals surface area (Å²) in [6.07, 6.45) is 0.222. The summed E-state index contributed by atoms with van der Waals surface area (Å²) in [7, 11) is 0. The van der Waals surface area contributed by atoms with Gasteiger partial charge in [-0.25, -0.2) is 0 Å². The van der Waals surface area contributed by atoms with Crippen molar-refractivity contribution in [1.29, 1.82) is 0 Å². The summed E-state index contributed by atoms with van der Waals surface area (Å²) in [5.74, 6) is 0.536. The standard InChI is InChI=1S/C14H21BrN2O2/c1-9-4-5-13(12(15)8-9)19-11(3)14(18)17-7-6-10(2)16/h4-5,8,10-11H,6-7,16H2,1-3H3,(H,17,18). The minimum atomic E-state index is -0.535. The maximum Gasteiger partial charge on any atom is 0.260 e. The number of aryl methyl sites for hydroxylation is 1. The molecule has 0 spiro atoms. The molecule has 0 aliphatic rings. The number of halogens is 1. The molecule has 1 aromatic carbocycles. The predicted molar refractivity (Wildman–Crippen MR) is 80.2 cm³/mol. The quantitative estimate of drug-likeness (QED) is 0.842. The maximum atomic E-state index is 11.8. The molecule has 5 heteroatoms. The van der Waals surface area contributed by atoms with E-state index >= 15 is 0 Å². The van der Waals surface area contributed by atoms with Gasteiger partial charge in [-0.05, 0) is 60.8 Å². The average Bonchev–Trinajstić information content (AvgIpc) is 2.32. The normalized spacial score (nSPS) is 13.7. The summed E-state index contributed by atoms with van der Waals surface area (Å²) in [6, 6.07) is 5.84. The SMILES string of the molecule is Cc1ccc(OC(C)C(=O)NCCC(C)N)c(Br)c1. The van der Waals surface area contributed by atoms with Gasteiger partial charge in [0, 0.05) is 12.6 Å². The van der Waals surface area contributed by atoms with Crippen LogP contribution in [0.2, 0.25) is 0 Å². The molecule has 0 aromatic heterocycles. The number of ether oxygens (including phenoxy) is 1. The number of benzene rings is 1. The number of rotatable bonds is 6. The molecule has 106 valence electrons. The molecule has 19 heavy (non-hydrogen) atoms. The van der Waals surface area contributed by atoms with Gasteiger partial charge in [0.1, 0.15) is 5.75 Å². The van der Waals surface area contributed by atoms with Gasteiger partial charge in [0.25, 0.3) is 5.91 Å². The first-order valence-electron chi connectivity index (χ1n) is 6.36. The fourth-order valence-electron chi connectivity index (χ4n) is 1.51. The predicted octanol–water partition coefficient (Wildman–Crippen LogP) is 2.38. The molecule has 0 saturated carbocycles. The van der Waals surface area contributed by atoms with Crippen LogP contribution in [-0.4, -0.2) is 24.6 Å². The summed E-state index contributed by atoms with van der Waals surface area (Å²) in [4.78, 5) is 11.8. The van der Waals surface area contributed by atoms with Crippen LogP contribution in [0.3, 0.4) is 0 Å². The molecule has 0 saturated heterocycles. The number of carbonyl (C=O) groups is 1. The van der Waals surface area contributed by atoms with E-state index in [0.29, 0.717) is 12.3 Å². The lowest BCUT2D eigenvalue weighted by Gasteiger charge is -2.16. The van der Waals surface area contributed by atoms with Crippen LogP contribution in [0.25, 0.3) is 0 Å². The minimum absolute atomic E-state index is 0.0859. The van der Waals surface area contributed by atoms with E-state index in [1.807, 2.05) is 32.0 Å². The smallest absolute Gasteiger partial charge is 0.260 e. The lowest BCUT2D eigenvalue weighted by molar-refractivity contribution is -0.127. The van der Waals surface area contributed by atoms with Crippen LogP contribution < -0.4 is 15.8 Å². The number of nitrogens with one attached hydrogen (secondary N) is 1. The fraction of sp³-hybridized carbons (Fsp3) is 0.500. The van der Waals surface area contributed by atoms with Crippen molar-refractivity contribution in [3.05, 3.63) is 28.2 Å². The van der Waals surface area contributed by atoms with Gasteiger partial charge in [0.05, 0.1) is 4.47 Å². The Kier molecular flexibility index (Phi) is 6.31. The number of hydrogen-bond acceptors (Lipinski definition) is 3. The van der Waals surface area contributed by atoms with Gasteiger partial charge < -0.3 is 15.8 Å². The van der Waals surface area contributed by atoms with E-state index in [2.05, 4.69) is 21.2 Å². The molecular formula is C14H21BrN2O2. The summed E-state index contributed by atoms with van der Waals surface area (Å²) in [6.45, 7) is 6.21. The molecule has 0 radical (unpaired) electrons. The highest BCUT2D eigenvalue weighted by Crippen LogP contribution is 2.26. The number of amides is 1. The highest BCUT2D eigenvalue weighted by atomic mass is 79.9. The van der Waals surface area contributed by atoms with E-state index in [0.717, 1.165) is 16.5 Å². The van der Waals surface area contributed by atoms with E-state index in [4.69, 9.17) is 10.5 Å². The Morgan fingerprint density at radius 1 is 1.47 bits per heavy atom. The Morgan fingerprint density at radius 3 is 2.74 bits per heavy atom. The van der Waals surface area contributed by atoms with Crippen LogP contribution in [-0.2, 0) is 4.79 Å². The number of hydrogen-bond donors (Lipinski definition) is 2. The molecule has 1 aromatic rings. The molecule has 0 aliphatic carbocycles. The molecule has 2 atom stereocenters. The third-order valence-electron chi connectivity index (χ3n) is 2.66. The van der Waals surface area contributed by atoms with Crippen LogP contribution >= 0.6 is 15.9 Å². The van der Waals surface area contributed by atoms with Gasteiger partial charge >= 0.3 is 0 Å². The van der Waals surface area contributed by atoms with Crippen molar-refractivity contribution in [2.45, 2.75) is 39.3 Å². The van der Waals surface area contributed by atoms with E-state index in [1.165, 1.54) is 0 Å². The molecule has 3 N–H and O–H groups in total. The van der Waals surface area contributed by atoms with Crippen molar-refractivity contribution >= 4 is 21.8 Å². The van der Waals surface area contributed by atoms with E-state index in [1.54, 1.807) is 6.92 Å². The lowest BCUT2D eigenvalue weighted by atomic mass is 10.2. The summed E-state index contributed by atoms with van der Waals surface area (Å²) >= 11 is 3.42. The van der Waals surface area contributed by atoms with Crippen LogP contribution in [0.4, 0.5) is 0 Å². The van der Waals surface area contributed by atoms with Gasteiger partial charge in [-0.3, -0.25) is 4.79 Å². The third-order valence-corrected chi connectivity index (χ3v) is 3.28. The molecule has 0 bridgehead atoms. The summed E-state index contributed by atoms with van der Waals surface area (Å²) < 4.78 is 6.48. The molecule has 0 aliphatic heterocycles. The Morgan fingerprint density at radius 2 is 2.16 bits per heavy atom. The van der Waals surface area contributed by atoms with Crippen LogP contribution in [0.5, 0.6) is 5.75 Å². The van der Waals surface area contributed by atoms with Crippen LogP contribution in [0.15, 0.2) is 22.7 Å². The second-order valence-corrected chi connectivity index (χ2v) is 5.61. The van der Waals surface area contributed by atoms with Gasteiger partial charge in [-0.1, -0.05) is 6.07 Å². The van der Waals surface area contributed by atoms with Crippen molar-refractivity contribution in [2.24, 2.45) is 5.73 Å². The second kappa shape index (κ2) is 7.50. The fourth-order valence-corrected chi connectivity index (χ4v) is 2.10. The molecule has 1 rings (SSSR count). The molecular weight excluding hydrogens is 308 g/mol. The topological polar surface area (TPSA) is 64.3 Å². The van der Waals surface area contributed by atoms with Gasteiger partial charge in [-0.2, -0.15) is 0 Å². The first kappa shape index (κ1) is 16.0. The highest BCUT2D eigenvalue weighted by molar-refractivity contribution is 9.10. The van der Waals surface area contributed by atoms with Crippen LogP contribution in [0, 0.1) is 6.92 Å². The van der Waals surface area contributed by atoms with Crippen molar-refractivity contribution in [2.75, 3.05) is 6.54 Å². The van der Waals surface area contributed by atoms with Crippen molar-refractivity contribution in [1.82, 2.24) is 5.32 Å². The Hall–Kier alpha value is -1.07. The first-order valence-corrected chi connectivity index (χ1v) is 7.15. The van der Waals surface area contributed by atoms with E-state index < -0.39 is 6.10 Å². The maximum absolute atomic E-state index is 11.8. The molecule has 4 nitrogen and oxygen atoms in total. The average molecular weight is 329 g/mol. The minimum Gasteiger partial charge on any atom is -0.480 e. The van der Waals surface area contributed by atoms with Gasteiger partial charge in [0.2, 0.25) is 0 Å². The Balaban J connectivity index is 2.49. The van der Waals surface area contributed by atoms with Gasteiger partial charge in [-0.15, -0.1) is 0 Å². The zero-order valence-corrected chi connectivity index (χ0v) is 13.2. The first-order chi connectivity index (χ1) is 8.90. The Bertz CT molecular complexity index is 435. The largest absolute Gasteiger partial charge is 0.480 e. The molecule has 1 amide bonds. The van der Waals surface area contributed by atoms with Crippen molar-refractivity contribution in [3.8, 4) is 5.75 Å². The number of nitrogens with two attached hydrogens (primary N) is 1. The molecule has 0 fully saturated rings. The Labute approximate surface area is 122 Å². The summed E-state index contributed by atoms with van der Waals surface area (Å²) in [5.41, 5.74) is 6.76. The molecule has 2 unspecified atom stereocenters. The van der Waals surface area contributed by atoms with Crippen molar-refractivity contribution < 1.29 is 9.53 Å². The molecule has 0 heterocycles. The highest BCUT2D eigenvalue weighted by Gasteiger charge is 2.15. The zero-order chi connectivity index (χ0) is 14.4. The monoisotopic (exact) mass is 328 g/mol. The summed E-state index contributed by atoms with van der Waals surface area (Å²) in [5, 5.41) is 2.81. The zero-order valence-electron chi connectivity index (χ0n) is 11.6. The lowest BCUT2D eigenvalue weighted by Crippen LogP contribution is -2.38. The van der Waals surface area contributed by atoms with Crippen molar-refractivity contribution in [3.63, 3.8) is 0 Å². The van der Waals surface area contributed by atoms with E-state index in [-0.39, 0.29) is 11.9 Å². The van der Waals surface area contributed by atoms with E-state index in [9.17, 15) is 4.79 Å².